The van der Waals surface area contributed by atoms with Crippen molar-refractivity contribution >= 4 is 34.3 Å². The number of amides is 1. The number of oxazole rings is 1. The van der Waals surface area contributed by atoms with Gasteiger partial charge in [-0.1, -0.05) is 43.6 Å². The number of carbonyl (C=O) groups is 1. The molecule has 0 saturated heterocycles. The monoisotopic (exact) mass is 420 g/mol. The predicted octanol–water partition coefficient (Wildman–Crippen LogP) is 6.44. The summed E-state index contributed by atoms with van der Waals surface area (Å²) in [5, 5.41) is 3.29. The van der Waals surface area contributed by atoms with Crippen molar-refractivity contribution < 1.29 is 13.9 Å². The summed E-state index contributed by atoms with van der Waals surface area (Å²) >= 11 is 6.32. The van der Waals surface area contributed by atoms with Crippen LogP contribution in [0, 0.1) is 5.92 Å². The molecule has 0 spiro atoms. The van der Waals surface area contributed by atoms with E-state index in [0.29, 0.717) is 46.0 Å². The number of para-hydroxylation sites is 2. The molecule has 0 radical (unpaired) electrons. The number of rotatable bonds is 6. The molecule has 0 saturated carbocycles. The molecule has 0 fully saturated rings. The molecule has 0 aliphatic heterocycles. The van der Waals surface area contributed by atoms with Crippen molar-refractivity contribution in [3.63, 3.8) is 0 Å². The van der Waals surface area contributed by atoms with E-state index in [1.54, 1.807) is 30.3 Å². The lowest BCUT2D eigenvalue weighted by Crippen LogP contribution is -2.13. The van der Waals surface area contributed by atoms with Gasteiger partial charge in [0.2, 0.25) is 5.89 Å². The highest BCUT2D eigenvalue weighted by Gasteiger charge is 2.14. The molecule has 1 amide bonds. The quantitative estimate of drug-likeness (QED) is 0.390. The van der Waals surface area contributed by atoms with Gasteiger partial charge >= 0.3 is 0 Å². The van der Waals surface area contributed by atoms with E-state index in [2.05, 4.69) is 24.1 Å². The maximum atomic E-state index is 12.8. The zero-order valence-corrected chi connectivity index (χ0v) is 17.4. The van der Waals surface area contributed by atoms with Crippen LogP contribution in [0.4, 0.5) is 5.69 Å². The maximum Gasteiger partial charge on any atom is 0.255 e. The molecular formula is C24H21ClN2O3. The number of benzene rings is 3. The topological polar surface area (TPSA) is 64.4 Å². The molecule has 0 aliphatic rings. The van der Waals surface area contributed by atoms with Crippen LogP contribution in [0.5, 0.6) is 5.75 Å². The molecule has 0 bridgehead atoms. The number of carbonyl (C=O) groups excluding carboxylic acids is 1. The van der Waals surface area contributed by atoms with Gasteiger partial charge in [-0.05, 0) is 54.4 Å². The summed E-state index contributed by atoms with van der Waals surface area (Å²) < 4.78 is 11.5. The Morgan fingerprint density at radius 1 is 1.10 bits per heavy atom. The average Bonchev–Trinajstić information content (AvgIpc) is 3.18. The second-order valence-corrected chi connectivity index (χ2v) is 7.78. The Balaban J connectivity index is 1.56. The van der Waals surface area contributed by atoms with Crippen molar-refractivity contribution in [2.45, 2.75) is 13.8 Å². The van der Waals surface area contributed by atoms with Crippen LogP contribution in [0.25, 0.3) is 22.6 Å². The Morgan fingerprint density at radius 3 is 2.73 bits per heavy atom. The van der Waals surface area contributed by atoms with Crippen LogP contribution in [-0.4, -0.2) is 17.5 Å². The summed E-state index contributed by atoms with van der Waals surface area (Å²) in [4.78, 5) is 17.3. The van der Waals surface area contributed by atoms with Crippen LogP contribution in [0.3, 0.4) is 0 Å². The number of nitrogens with zero attached hydrogens (tertiary/aromatic N) is 1. The number of hydrogen-bond donors (Lipinski definition) is 1. The number of hydrogen-bond acceptors (Lipinski definition) is 4. The maximum absolute atomic E-state index is 12.8. The minimum atomic E-state index is -0.276. The van der Waals surface area contributed by atoms with Gasteiger partial charge in [0.1, 0.15) is 11.3 Å². The Kier molecular flexibility index (Phi) is 5.72. The van der Waals surface area contributed by atoms with Crippen LogP contribution in [0.1, 0.15) is 24.2 Å². The van der Waals surface area contributed by atoms with Gasteiger partial charge in [0, 0.05) is 11.1 Å². The molecule has 0 unspecified atom stereocenters. The molecule has 152 valence electrons. The van der Waals surface area contributed by atoms with E-state index in [1.165, 1.54) is 0 Å². The van der Waals surface area contributed by atoms with Gasteiger partial charge in [-0.2, -0.15) is 0 Å². The second kappa shape index (κ2) is 8.59. The molecule has 3 aromatic carbocycles. The number of fused-ring (bicyclic) bond motifs is 1. The van der Waals surface area contributed by atoms with Gasteiger partial charge in [0.05, 0.1) is 17.3 Å². The fourth-order valence-electron chi connectivity index (χ4n) is 2.93. The minimum absolute atomic E-state index is 0.276. The molecule has 4 aromatic rings. The summed E-state index contributed by atoms with van der Waals surface area (Å²) in [6, 6.07) is 19.9. The normalized spacial score (nSPS) is 11.1. The Labute approximate surface area is 179 Å². The molecule has 0 atom stereocenters. The SMILES string of the molecule is CC(C)COc1cccc(C(=O)Nc2cc(-c3nc4ccccc4o3)ccc2Cl)c1. The first-order valence-electron chi connectivity index (χ1n) is 9.69. The molecule has 1 heterocycles. The highest BCUT2D eigenvalue weighted by Crippen LogP contribution is 2.31. The predicted molar refractivity (Wildman–Crippen MR) is 119 cm³/mol. The molecule has 1 N–H and O–H groups in total. The standard InChI is InChI=1S/C24H21ClN2O3/c1-15(2)14-29-18-7-5-6-16(12-18)23(28)26-21-13-17(10-11-19(21)25)24-27-20-8-3-4-9-22(20)30-24/h3-13,15H,14H2,1-2H3,(H,26,28). The first-order chi connectivity index (χ1) is 14.5. The number of ether oxygens (including phenoxy) is 1. The van der Waals surface area contributed by atoms with Crippen LogP contribution in [0.2, 0.25) is 5.02 Å². The van der Waals surface area contributed by atoms with Crippen molar-refractivity contribution in [1.29, 1.82) is 0 Å². The largest absolute Gasteiger partial charge is 0.493 e. The van der Waals surface area contributed by atoms with Gasteiger partial charge in [0.25, 0.3) is 5.91 Å². The van der Waals surface area contributed by atoms with Gasteiger partial charge in [-0.25, -0.2) is 4.98 Å². The van der Waals surface area contributed by atoms with Gasteiger partial charge < -0.3 is 14.5 Å². The van der Waals surface area contributed by atoms with Crippen molar-refractivity contribution in [3.8, 4) is 17.2 Å². The lowest BCUT2D eigenvalue weighted by Gasteiger charge is -2.11. The molecule has 4 rings (SSSR count). The first kappa shape index (κ1) is 20.0. The number of nitrogens with one attached hydrogen (secondary N) is 1. The van der Waals surface area contributed by atoms with Crippen molar-refractivity contribution in [2.75, 3.05) is 11.9 Å². The number of anilines is 1. The van der Waals surface area contributed by atoms with Gasteiger partial charge in [-0.15, -0.1) is 0 Å². The Hall–Kier alpha value is -3.31. The summed E-state index contributed by atoms with van der Waals surface area (Å²) in [5.41, 5.74) is 3.16. The highest BCUT2D eigenvalue weighted by molar-refractivity contribution is 6.34. The molecule has 0 aliphatic carbocycles. The third kappa shape index (κ3) is 4.47. The van der Waals surface area contributed by atoms with E-state index in [9.17, 15) is 4.79 Å². The summed E-state index contributed by atoms with van der Waals surface area (Å²) in [5.74, 6) is 1.24. The molecule has 1 aromatic heterocycles. The van der Waals surface area contributed by atoms with Crippen LogP contribution in [-0.2, 0) is 0 Å². The molecule has 30 heavy (non-hydrogen) atoms. The third-order valence-electron chi connectivity index (χ3n) is 4.43. The van der Waals surface area contributed by atoms with Crippen LogP contribution in [0.15, 0.2) is 71.1 Å². The minimum Gasteiger partial charge on any atom is -0.493 e. The van der Waals surface area contributed by atoms with Gasteiger partial charge in [0.15, 0.2) is 5.58 Å². The molecule has 5 nitrogen and oxygen atoms in total. The zero-order chi connectivity index (χ0) is 21.1. The molecule has 6 heteroatoms. The second-order valence-electron chi connectivity index (χ2n) is 7.37. The number of aromatic nitrogens is 1. The van der Waals surface area contributed by atoms with E-state index in [0.717, 1.165) is 11.1 Å². The average molecular weight is 421 g/mol. The zero-order valence-electron chi connectivity index (χ0n) is 16.7. The summed E-state index contributed by atoms with van der Waals surface area (Å²) in [6.07, 6.45) is 0. The van der Waals surface area contributed by atoms with E-state index >= 15 is 0 Å². The fourth-order valence-corrected chi connectivity index (χ4v) is 3.10. The van der Waals surface area contributed by atoms with E-state index < -0.39 is 0 Å². The van der Waals surface area contributed by atoms with Crippen LogP contribution < -0.4 is 10.1 Å². The molecular weight excluding hydrogens is 400 g/mol. The van der Waals surface area contributed by atoms with E-state index in [4.69, 9.17) is 20.8 Å². The van der Waals surface area contributed by atoms with E-state index in [1.807, 2.05) is 36.4 Å². The summed E-state index contributed by atoms with van der Waals surface area (Å²) in [6.45, 7) is 4.73. The Morgan fingerprint density at radius 2 is 1.93 bits per heavy atom. The van der Waals surface area contributed by atoms with Crippen molar-refractivity contribution in [3.05, 3.63) is 77.3 Å². The van der Waals surface area contributed by atoms with Crippen molar-refractivity contribution in [2.24, 2.45) is 5.92 Å². The Bertz CT molecular complexity index is 1170. The summed E-state index contributed by atoms with van der Waals surface area (Å²) in [7, 11) is 0. The fraction of sp³-hybridized carbons (Fsp3) is 0.167. The smallest absolute Gasteiger partial charge is 0.255 e. The lowest BCUT2D eigenvalue weighted by molar-refractivity contribution is 0.102. The van der Waals surface area contributed by atoms with Crippen molar-refractivity contribution in [1.82, 2.24) is 4.98 Å². The lowest BCUT2D eigenvalue weighted by atomic mass is 10.1. The third-order valence-corrected chi connectivity index (χ3v) is 4.76. The first-order valence-corrected chi connectivity index (χ1v) is 10.1. The number of halogens is 1. The van der Waals surface area contributed by atoms with E-state index in [-0.39, 0.29) is 5.91 Å². The van der Waals surface area contributed by atoms with Gasteiger partial charge in [-0.3, -0.25) is 4.79 Å². The highest BCUT2D eigenvalue weighted by atomic mass is 35.5. The van der Waals surface area contributed by atoms with Crippen LogP contribution >= 0.6 is 11.6 Å².